The van der Waals surface area contributed by atoms with Gasteiger partial charge in [-0.25, -0.2) is 4.98 Å². The lowest BCUT2D eigenvalue weighted by Gasteiger charge is -1.67. The molecule has 1 N–H and O–H groups in total. The van der Waals surface area contributed by atoms with Crippen LogP contribution in [0.2, 0.25) is 0 Å². The molecule has 1 rings (SSSR count). The minimum absolute atomic E-state index is 1.11. The standard InChI is InChI=1S/C4H6N2.C3H8/c1-4-2-5-3-6-4;1-3-2/h2-3H,1H3,(H,5,6);3H2,1-2H3. The van der Waals surface area contributed by atoms with Crippen molar-refractivity contribution in [3.05, 3.63) is 18.2 Å². The Morgan fingerprint density at radius 3 is 2.22 bits per heavy atom. The Morgan fingerprint density at radius 1 is 1.56 bits per heavy atom. The maximum Gasteiger partial charge on any atom is 0.0921 e. The Kier molecular flexibility index (Phi) is 4.88. The van der Waals surface area contributed by atoms with Gasteiger partial charge in [-0.1, -0.05) is 20.3 Å². The van der Waals surface area contributed by atoms with Crippen molar-refractivity contribution in [2.45, 2.75) is 27.2 Å². The van der Waals surface area contributed by atoms with Crippen molar-refractivity contribution in [2.75, 3.05) is 0 Å². The molecule has 0 saturated heterocycles. The van der Waals surface area contributed by atoms with Crippen LogP contribution in [-0.2, 0) is 0 Å². The SMILES string of the molecule is CCC.Cc1cnc[nH]1. The summed E-state index contributed by atoms with van der Waals surface area (Å²) in [6.45, 7) is 6.22. The molecule has 0 aliphatic rings. The van der Waals surface area contributed by atoms with Gasteiger partial charge in [0.05, 0.1) is 6.33 Å². The summed E-state index contributed by atoms with van der Waals surface area (Å²) in [4.78, 5) is 6.66. The summed E-state index contributed by atoms with van der Waals surface area (Å²) >= 11 is 0. The lowest BCUT2D eigenvalue weighted by molar-refractivity contribution is 1.09. The third-order valence-electron chi connectivity index (χ3n) is 0.635. The second-order valence-corrected chi connectivity index (χ2v) is 1.94. The molecule has 2 nitrogen and oxygen atoms in total. The fraction of sp³-hybridized carbons (Fsp3) is 0.571. The Labute approximate surface area is 56.3 Å². The summed E-state index contributed by atoms with van der Waals surface area (Å²) < 4.78 is 0. The zero-order valence-electron chi connectivity index (χ0n) is 6.31. The molecule has 0 radical (unpaired) electrons. The average Bonchev–Trinajstić information content (AvgIpc) is 2.20. The smallest absolute Gasteiger partial charge is 0.0921 e. The molecule has 9 heavy (non-hydrogen) atoms. The average molecular weight is 126 g/mol. The van der Waals surface area contributed by atoms with Gasteiger partial charge in [0.2, 0.25) is 0 Å². The lowest BCUT2D eigenvalue weighted by Crippen LogP contribution is -1.59. The minimum Gasteiger partial charge on any atom is -0.349 e. The lowest BCUT2D eigenvalue weighted by atomic mass is 10.6. The van der Waals surface area contributed by atoms with E-state index < -0.39 is 0 Å². The molecular formula is C7H14N2. The highest BCUT2D eigenvalue weighted by Crippen LogP contribution is 1.81. The molecule has 0 aromatic carbocycles. The van der Waals surface area contributed by atoms with Crippen molar-refractivity contribution in [3.63, 3.8) is 0 Å². The van der Waals surface area contributed by atoms with Gasteiger partial charge in [0.25, 0.3) is 0 Å². The molecule has 0 saturated carbocycles. The Hall–Kier alpha value is -0.790. The van der Waals surface area contributed by atoms with Crippen LogP contribution in [0.5, 0.6) is 0 Å². The van der Waals surface area contributed by atoms with Crippen molar-refractivity contribution in [3.8, 4) is 0 Å². The van der Waals surface area contributed by atoms with Gasteiger partial charge in [0, 0.05) is 11.9 Å². The van der Waals surface area contributed by atoms with Gasteiger partial charge in [-0.15, -0.1) is 0 Å². The summed E-state index contributed by atoms with van der Waals surface area (Å²) in [6, 6.07) is 0. The van der Waals surface area contributed by atoms with Crippen molar-refractivity contribution in [2.24, 2.45) is 0 Å². The van der Waals surface area contributed by atoms with Crippen LogP contribution >= 0.6 is 0 Å². The van der Waals surface area contributed by atoms with Gasteiger partial charge in [-0.05, 0) is 6.92 Å². The zero-order chi connectivity index (χ0) is 7.11. The number of nitrogens with one attached hydrogen (secondary N) is 1. The molecule has 0 spiro atoms. The van der Waals surface area contributed by atoms with Crippen LogP contribution < -0.4 is 0 Å². The van der Waals surface area contributed by atoms with Gasteiger partial charge in [0.15, 0.2) is 0 Å². The minimum atomic E-state index is 1.11. The molecule has 1 aromatic heterocycles. The van der Waals surface area contributed by atoms with Gasteiger partial charge in [0.1, 0.15) is 0 Å². The molecule has 1 heterocycles. The van der Waals surface area contributed by atoms with E-state index in [0.29, 0.717) is 0 Å². The molecule has 1 aromatic rings. The first-order valence-corrected chi connectivity index (χ1v) is 3.26. The van der Waals surface area contributed by atoms with Gasteiger partial charge < -0.3 is 4.98 Å². The zero-order valence-corrected chi connectivity index (χ0v) is 6.31. The maximum atomic E-state index is 3.77. The molecule has 0 aliphatic carbocycles. The number of aromatic nitrogens is 2. The maximum absolute atomic E-state index is 3.77. The summed E-state index contributed by atoms with van der Waals surface area (Å²) in [6.07, 6.45) is 4.69. The number of aryl methyl sites for hydroxylation is 1. The second-order valence-electron chi connectivity index (χ2n) is 1.94. The quantitative estimate of drug-likeness (QED) is 0.566. The van der Waals surface area contributed by atoms with Gasteiger partial charge >= 0.3 is 0 Å². The third-order valence-corrected chi connectivity index (χ3v) is 0.635. The molecule has 0 bridgehead atoms. The van der Waals surface area contributed by atoms with E-state index in [1.807, 2.05) is 6.92 Å². The van der Waals surface area contributed by atoms with Gasteiger partial charge in [-0.3, -0.25) is 0 Å². The van der Waals surface area contributed by atoms with E-state index in [1.54, 1.807) is 12.5 Å². The van der Waals surface area contributed by atoms with Crippen LogP contribution in [0, 0.1) is 6.92 Å². The van der Waals surface area contributed by atoms with Crippen LogP contribution in [0.3, 0.4) is 0 Å². The number of aromatic amines is 1. The number of hydrogen-bond acceptors (Lipinski definition) is 1. The highest BCUT2D eigenvalue weighted by molar-refractivity contribution is 4.87. The molecular weight excluding hydrogens is 112 g/mol. The van der Waals surface area contributed by atoms with E-state index in [4.69, 9.17) is 0 Å². The number of rotatable bonds is 0. The Balaban J connectivity index is 0.000000187. The molecule has 2 heteroatoms. The van der Waals surface area contributed by atoms with Crippen LogP contribution in [0.15, 0.2) is 12.5 Å². The van der Waals surface area contributed by atoms with Crippen molar-refractivity contribution < 1.29 is 0 Å². The van der Waals surface area contributed by atoms with E-state index in [1.165, 1.54) is 6.42 Å². The molecule has 0 unspecified atom stereocenters. The molecule has 52 valence electrons. The van der Waals surface area contributed by atoms with Crippen LogP contribution in [0.1, 0.15) is 26.0 Å². The highest BCUT2D eigenvalue weighted by atomic mass is 14.8. The summed E-state index contributed by atoms with van der Waals surface area (Å²) in [5.74, 6) is 0. The normalized spacial score (nSPS) is 7.89. The van der Waals surface area contributed by atoms with Crippen molar-refractivity contribution >= 4 is 0 Å². The monoisotopic (exact) mass is 126 g/mol. The summed E-state index contributed by atoms with van der Waals surface area (Å²) in [5, 5.41) is 0. The van der Waals surface area contributed by atoms with E-state index in [9.17, 15) is 0 Å². The largest absolute Gasteiger partial charge is 0.349 e. The number of hydrogen-bond donors (Lipinski definition) is 1. The first-order chi connectivity index (χ1) is 4.31. The molecule has 0 amide bonds. The Morgan fingerprint density at radius 2 is 2.11 bits per heavy atom. The number of nitrogens with zero attached hydrogens (tertiary/aromatic N) is 1. The first-order valence-electron chi connectivity index (χ1n) is 3.26. The molecule has 0 aliphatic heterocycles. The summed E-state index contributed by atoms with van der Waals surface area (Å²) in [7, 11) is 0. The van der Waals surface area contributed by atoms with E-state index in [0.717, 1.165) is 5.69 Å². The predicted octanol–water partition coefficient (Wildman–Crippen LogP) is 2.13. The van der Waals surface area contributed by atoms with Crippen LogP contribution in [-0.4, -0.2) is 9.97 Å². The molecule has 0 atom stereocenters. The molecule has 0 fully saturated rings. The number of imidazole rings is 1. The van der Waals surface area contributed by atoms with Crippen molar-refractivity contribution in [1.29, 1.82) is 0 Å². The van der Waals surface area contributed by atoms with Crippen molar-refractivity contribution in [1.82, 2.24) is 9.97 Å². The Bertz CT molecular complexity index is 121. The van der Waals surface area contributed by atoms with Crippen LogP contribution in [0.25, 0.3) is 0 Å². The topological polar surface area (TPSA) is 28.7 Å². The van der Waals surface area contributed by atoms with E-state index >= 15 is 0 Å². The third kappa shape index (κ3) is 5.07. The highest BCUT2D eigenvalue weighted by Gasteiger charge is 1.73. The fourth-order valence-electron chi connectivity index (χ4n) is 0.325. The fourth-order valence-corrected chi connectivity index (χ4v) is 0.325. The first kappa shape index (κ1) is 8.21. The van der Waals surface area contributed by atoms with E-state index in [2.05, 4.69) is 23.8 Å². The summed E-state index contributed by atoms with van der Waals surface area (Å²) in [5.41, 5.74) is 1.11. The predicted molar refractivity (Wildman–Crippen MR) is 39.3 cm³/mol. The second kappa shape index (κ2) is 5.35. The van der Waals surface area contributed by atoms with Crippen LogP contribution in [0.4, 0.5) is 0 Å². The van der Waals surface area contributed by atoms with Gasteiger partial charge in [-0.2, -0.15) is 0 Å². The van der Waals surface area contributed by atoms with E-state index in [-0.39, 0.29) is 0 Å². The number of H-pyrrole nitrogens is 1.